The molecule has 5 N–H and O–H groups in total. The highest BCUT2D eigenvalue weighted by Crippen LogP contribution is 2.75. The molecule has 28 heavy (non-hydrogen) atoms. The Labute approximate surface area is 161 Å². The number of aliphatic hydroxyl groups is 2. The third-order valence-electron chi connectivity index (χ3n) is 6.38. The Morgan fingerprint density at radius 2 is 2.11 bits per heavy atom. The number of nitrogens with one attached hydrogen (secondary N) is 1. The number of nitrogens with two attached hydrogens (primary N) is 1. The van der Waals surface area contributed by atoms with Crippen LogP contribution in [0.1, 0.15) is 20.1 Å². The van der Waals surface area contributed by atoms with Crippen molar-refractivity contribution in [3.63, 3.8) is 0 Å². The third-order valence-corrected chi connectivity index (χ3v) is 6.38. The van der Waals surface area contributed by atoms with Crippen molar-refractivity contribution in [2.24, 2.45) is 5.41 Å². The van der Waals surface area contributed by atoms with Crippen molar-refractivity contribution >= 4 is 23.4 Å². The van der Waals surface area contributed by atoms with E-state index in [0.717, 1.165) is 0 Å². The van der Waals surface area contributed by atoms with Crippen molar-refractivity contribution in [1.29, 1.82) is 0 Å². The van der Waals surface area contributed by atoms with Gasteiger partial charge < -0.3 is 30.9 Å². The van der Waals surface area contributed by atoms with Crippen molar-refractivity contribution in [2.75, 3.05) is 32.4 Å². The highest BCUT2D eigenvalue weighted by Gasteiger charge is 2.92. The summed E-state index contributed by atoms with van der Waals surface area (Å²) < 4.78 is 7.72. The molecule has 2 aromatic rings. The van der Waals surface area contributed by atoms with Gasteiger partial charge in [-0.3, -0.25) is 9.36 Å². The predicted octanol–water partition coefficient (Wildman–Crippen LogP) is -1.51. The van der Waals surface area contributed by atoms with Crippen LogP contribution < -0.4 is 11.1 Å². The van der Waals surface area contributed by atoms with Gasteiger partial charge in [0, 0.05) is 25.0 Å². The molecule has 3 heterocycles. The van der Waals surface area contributed by atoms with Gasteiger partial charge in [0.15, 0.2) is 17.7 Å². The van der Waals surface area contributed by atoms with Gasteiger partial charge in [0.25, 0.3) is 0 Å². The topological polar surface area (TPSA) is 152 Å². The Balaban J connectivity index is 1.65. The van der Waals surface area contributed by atoms with Crippen molar-refractivity contribution in [2.45, 2.75) is 37.4 Å². The molecule has 0 unspecified atom stereocenters. The van der Waals surface area contributed by atoms with E-state index in [-0.39, 0.29) is 5.82 Å². The van der Waals surface area contributed by atoms with Crippen LogP contribution in [0.25, 0.3) is 11.2 Å². The minimum atomic E-state index is -1.51. The lowest BCUT2D eigenvalue weighted by atomic mass is 10.0. The number of ether oxygens (including phenoxy) is 1. The lowest BCUT2D eigenvalue weighted by Gasteiger charge is -2.30. The Kier molecular flexibility index (Phi) is 4.12. The number of rotatable bonds is 7. The lowest BCUT2D eigenvalue weighted by molar-refractivity contribution is -0.116. The normalized spacial score (nSPS) is 33.2. The van der Waals surface area contributed by atoms with Gasteiger partial charge >= 0.3 is 0 Å². The van der Waals surface area contributed by atoms with E-state index in [0.29, 0.717) is 37.2 Å². The highest BCUT2D eigenvalue weighted by atomic mass is 16.6. The Morgan fingerprint density at radius 1 is 1.36 bits per heavy atom. The van der Waals surface area contributed by atoms with Gasteiger partial charge in [-0.2, -0.15) is 0 Å². The SMILES string of the molecule is CN(CCNC=O)C[C@H]1O[C@@H](n2cnc3c(N)ncnc32)[C@@]2(O)C(C)(C)[C@@]12O. The summed E-state index contributed by atoms with van der Waals surface area (Å²) in [4.78, 5) is 24.7. The van der Waals surface area contributed by atoms with E-state index in [1.54, 1.807) is 4.57 Å². The number of nitrogen functional groups attached to an aromatic ring is 1. The number of imidazole rings is 1. The summed E-state index contributed by atoms with van der Waals surface area (Å²) in [5, 5.41) is 25.4. The first kappa shape index (κ1) is 19.0. The van der Waals surface area contributed by atoms with Crippen molar-refractivity contribution in [3.8, 4) is 0 Å². The smallest absolute Gasteiger partial charge is 0.207 e. The Hall–Kier alpha value is -2.34. The number of anilines is 1. The molecule has 1 saturated heterocycles. The Bertz CT molecular complexity index is 918. The summed E-state index contributed by atoms with van der Waals surface area (Å²) in [5.74, 6) is 0.234. The molecule has 1 saturated carbocycles. The molecule has 4 rings (SSSR count). The minimum absolute atomic E-state index is 0.234. The molecule has 4 atom stereocenters. The first-order chi connectivity index (χ1) is 13.2. The molecule has 2 aliphatic rings. The molecule has 0 bridgehead atoms. The standard InChI is InChI=1S/C17H25N7O4/c1-15(2)16(26)10(6-23(3)5-4-19-9-25)28-14(17(15,16)27)24-8-22-11-12(18)20-7-21-13(11)24/h7-10,14,26-27H,4-6H2,1-3H3,(H,19,25)(H2,18,20,21)/t10-,14-,16+,17-/m1/s1. The van der Waals surface area contributed by atoms with Crippen LogP contribution in [0.2, 0.25) is 0 Å². The average molecular weight is 391 g/mol. The van der Waals surface area contributed by atoms with E-state index in [9.17, 15) is 15.0 Å². The fourth-order valence-corrected chi connectivity index (χ4v) is 4.57. The number of amides is 1. The van der Waals surface area contributed by atoms with Crippen LogP contribution in [0.3, 0.4) is 0 Å². The van der Waals surface area contributed by atoms with Gasteiger partial charge in [-0.25, -0.2) is 15.0 Å². The number of nitrogens with zero attached hydrogens (tertiary/aromatic N) is 5. The molecular formula is C17H25N7O4. The number of carbonyl (C=O) groups excluding carboxylic acids is 1. The van der Waals surface area contributed by atoms with E-state index in [1.807, 2.05) is 25.8 Å². The molecular weight excluding hydrogens is 366 g/mol. The monoisotopic (exact) mass is 391 g/mol. The molecule has 1 amide bonds. The second kappa shape index (κ2) is 6.08. The molecule has 0 radical (unpaired) electrons. The van der Waals surface area contributed by atoms with Gasteiger partial charge in [-0.15, -0.1) is 0 Å². The van der Waals surface area contributed by atoms with Gasteiger partial charge in [0.2, 0.25) is 6.41 Å². The predicted molar refractivity (Wildman–Crippen MR) is 98.9 cm³/mol. The summed E-state index contributed by atoms with van der Waals surface area (Å²) in [6.07, 6.45) is 1.94. The maximum absolute atomic E-state index is 11.4. The molecule has 2 aromatic heterocycles. The zero-order chi connectivity index (χ0) is 20.3. The maximum atomic E-state index is 11.4. The number of likely N-dealkylation sites (N-methyl/N-ethyl adjacent to an activating group) is 1. The first-order valence-electron chi connectivity index (χ1n) is 9.09. The van der Waals surface area contributed by atoms with Crippen LogP contribution in [0, 0.1) is 5.41 Å². The molecule has 2 fully saturated rings. The number of aromatic nitrogens is 4. The number of hydrogen-bond acceptors (Lipinski definition) is 9. The van der Waals surface area contributed by atoms with Gasteiger partial charge in [0.1, 0.15) is 29.2 Å². The molecule has 0 spiro atoms. The average Bonchev–Trinajstić information content (AvgIpc) is 3.00. The molecule has 152 valence electrons. The minimum Gasteiger partial charge on any atom is -0.383 e. The van der Waals surface area contributed by atoms with Crippen LogP contribution in [0.15, 0.2) is 12.7 Å². The summed E-state index contributed by atoms with van der Waals surface area (Å²) in [7, 11) is 1.86. The van der Waals surface area contributed by atoms with E-state index < -0.39 is 28.9 Å². The summed E-state index contributed by atoms with van der Waals surface area (Å²) >= 11 is 0. The van der Waals surface area contributed by atoms with E-state index in [2.05, 4.69) is 20.3 Å². The first-order valence-corrected chi connectivity index (χ1v) is 9.09. The third kappa shape index (κ3) is 2.18. The number of carbonyl (C=O) groups is 1. The molecule has 11 nitrogen and oxygen atoms in total. The number of fused-ring (bicyclic) bond motifs is 2. The summed E-state index contributed by atoms with van der Waals surface area (Å²) in [5.41, 5.74) is 2.95. The zero-order valence-corrected chi connectivity index (χ0v) is 16.0. The van der Waals surface area contributed by atoms with Gasteiger partial charge in [0.05, 0.1) is 6.33 Å². The largest absolute Gasteiger partial charge is 0.383 e. The van der Waals surface area contributed by atoms with Crippen LogP contribution in [0.5, 0.6) is 0 Å². The zero-order valence-electron chi connectivity index (χ0n) is 16.0. The van der Waals surface area contributed by atoms with Gasteiger partial charge in [-0.05, 0) is 7.05 Å². The van der Waals surface area contributed by atoms with Crippen molar-refractivity contribution < 1.29 is 19.7 Å². The van der Waals surface area contributed by atoms with Crippen LogP contribution >= 0.6 is 0 Å². The molecule has 1 aliphatic heterocycles. The molecule has 0 aromatic carbocycles. The fraction of sp³-hybridized carbons (Fsp3) is 0.647. The molecule has 1 aliphatic carbocycles. The van der Waals surface area contributed by atoms with Gasteiger partial charge in [-0.1, -0.05) is 13.8 Å². The van der Waals surface area contributed by atoms with E-state index in [4.69, 9.17) is 10.5 Å². The second-order valence-electron chi connectivity index (χ2n) is 8.05. The fourth-order valence-electron chi connectivity index (χ4n) is 4.57. The highest BCUT2D eigenvalue weighted by molar-refractivity contribution is 5.81. The summed E-state index contributed by atoms with van der Waals surface area (Å²) in [6, 6.07) is 0. The van der Waals surface area contributed by atoms with Crippen LogP contribution in [-0.4, -0.2) is 85.0 Å². The quantitative estimate of drug-likeness (QED) is 0.326. The van der Waals surface area contributed by atoms with E-state index in [1.165, 1.54) is 12.7 Å². The molecule has 11 heteroatoms. The number of hydrogen-bond donors (Lipinski definition) is 4. The van der Waals surface area contributed by atoms with E-state index >= 15 is 0 Å². The van der Waals surface area contributed by atoms with Crippen molar-refractivity contribution in [3.05, 3.63) is 12.7 Å². The van der Waals surface area contributed by atoms with Crippen LogP contribution in [-0.2, 0) is 9.53 Å². The van der Waals surface area contributed by atoms with Crippen LogP contribution in [0.4, 0.5) is 5.82 Å². The van der Waals surface area contributed by atoms with Crippen molar-refractivity contribution in [1.82, 2.24) is 29.7 Å². The Morgan fingerprint density at radius 3 is 2.82 bits per heavy atom. The summed E-state index contributed by atoms with van der Waals surface area (Å²) in [6.45, 7) is 5.06. The maximum Gasteiger partial charge on any atom is 0.207 e. The lowest BCUT2D eigenvalue weighted by Crippen LogP contribution is -2.43. The second-order valence-corrected chi connectivity index (χ2v) is 8.05.